The maximum Gasteiger partial charge on any atom is 0.337 e. The molecule has 0 spiro atoms. The highest BCUT2D eigenvalue weighted by molar-refractivity contribution is 5.89. The molecular formula is C13H20N4O2. The molecule has 1 aliphatic rings. The van der Waals surface area contributed by atoms with Gasteiger partial charge in [0, 0.05) is 26.3 Å². The van der Waals surface area contributed by atoms with Crippen molar-refractivity contribution < 1.29 is 9.90 Å². The minimum Gasteiger partial charge on any atom is -0.478 e. The van der Waals surface area contributed by atoms with Crippen LogP contribution in [0.3, 0.4) is 0 Å². The van der Waals surface area contributed by atoms with E-state index in [1.165, 1.54) is 18.7 Å². The van der Waals surface area contributed by atoms with E-state index >= 15 is 0 Å². The number of likely N-dealkylation sites (tertiary alicyclic amines) is 1. The van der Waals surface area contributed by atoms with Gasteiger partial charge in [-0.2, -0.15) is 0 Å². The Morgan fingerprint density at radius 1 is 1.68 bits per heavy atom. The lowest BCUT2D eigenvalue weighted by molar-refractivity contribution is 0.0696. The van der Waals surface area contributed by atoms with Crippen LogP contribution >= 0.6 is 0 Å². The molecule has 6 heteroatoms. The molecule has 1 aromatic heterocycles. The number of aromatic nitrogens is 1. The van der Waals surface area contributed by atoms with Crippen molar-refractivity contribution in [2.75, 3.05) is 44.4 Å². The Hall–Kier alpha value is -1.82. The lowest BCUT2D eigenvalue weighted by Gasteiger charge is -2.23. The summed E-state index contributed by atoms with van der Waals surface area (Å²) >= 11 is 0. The summed E-state index contributed by atoms with van der Waals surface area (Å²) in [5.41, 5.74) is 6.42. The van der Waals surface area contributed by atoms with Crippen LogP contribution in [-0.2, 0) is 0 Å². The van der Waals surface area contributed by atoms with Gasteiger partial charge in [0.1, 0.15) is 0 Å². The average Bonchev–Trinajstić information content (AvgIpc) is 2.74. The monoisotopic (exact) mass is 264 g/mol. The molecule has 1 aromatic rings. The van der Waals surface area contributed by atoms with E-state index in [0.29, 0.717) is 17.4 Å². The minimum absolute atomic E-state index is 0.121. The highest BCUT2D eigenvalue weighted by atomic mass is 16.4. The van der Waals surface area contributed by atoms with E-state index in [0.717, 1.165) is 19.6 Å². The van der Waals surface area contributed by atoms with Gasteiger partial charge in [-0.25, -0.2) is 9.78 Å². The summed E-state index contributed by atoms with van der Waals surface area (Å²) < 4.78 is 0. The van der Waals surface area contributed by atoms with E-state index in [4.69, 9.17) is 10.8 Å². The molecule has 1 unspecified atom stereocenters. The molecule has 1 saturated heterocycles. The molecule has 1 aliphatic heterocycles. The van der Waals surface area contributed by atoms with Crippen LogP contribution < -0.4 is 10.6 Å². The van der Waals surface area contributed by atoms with Crippen LogP contribution in [0, 0.1) is 5.92 Å². The van der Waals surface area contributed by atoms with Gasteiger partial charge < -0.3 is 20.6 Å². The average molecular weight is 264 g/mol. The van der Waals surface area contributed by atoms with E-state index in [-0.39, 0.29) is 5.56 Å². The van der Waals surface area contributed by atoms with Crippen molar-refractivity contribution >= 4 is 17.5 Å². The first-order valence-corrected chi connectivity index (χ1v) is 6.36. The highest BCUT2D eigenvalue weighted by Crippen LogP contribution is 2.23. The van der Waals surface area contributed by atoms with Crippen LogP contribution in [0.1, 0.15) is 16.8 Å². The number of nitrogen functional groups attached to an aromatic ring is 1. The maximum atomic E-state index is 10.8. The van der Waals surface area contributed by atoms with Gasteiger partial charge >= 0.3 is 5.97 Å². The number of nitrogens with two attached hydrogens (primary N) is 1. The largest absolute Gasteiger partial charge is 0.478 e. The molecule has 0 aliphatic carbocycles. The Labute approximate surface area is 112 Å². The number of hydrogen-bond acceptors (Lipinski definition) is 5. The summed E-state index contributed by atoms with van der Waals surface area (Å²) in [6.45, 7) is 3.09. The summed E-state index contributed by atoms with van der Waals surface area (Å²) in [4.78, 5) is 19.3. The summed E-state index contributed by atoms with van der Waals surface area (Å²) in [6.07, 6.45) is 2.53. The second-order valence-corrected chi connectivity index (χ2v) is 5.24. The molecule has 0 saturated carbocycles. The Balaban J connectivity index is 2.06. The summed E-state index contributed by atoms with van der Waals surface area (Å²) in [6, 6.07) is 1.46. The number of hydrogen-bond donors (Lipinski definition) is 2. The molecular weight excluding hydrogens is 244 g/mol. The fraction of sp³-hybridized carbons (Fsp3) is 0.538. The van der Waals surface area contributed by atoms with Gasteiger partial charge in [-0.3, -0.25) is 0 Å². The number of pyridine rings is 1. The van der Waals surface area contributed by atoms with E-state index < -0.39 is 5.97 Å². The second-order valence-electron chi connectivity index (χ2n) is 5.24. The molecule has 3 N–H and O–H groups in total. The topological polar surface area (TPSA) is 82.7 Å². The van der Waals surface area contributed by atoms with Crippen LogP contribution in [0.4, 0.5) is 11.5 Å². The number of carbonyl (C=O) groups is 1. The van der Waals surface area contributed by atoms with Crippen molar-refractivity contribution in [3.05, 3.63) is 17.8 Å². The van der Waals surface area contributed by atoms with Gasteiger partial charge in [0.05, 0.1) is 11.3 Å². The summed E-state index contributed by atoms with van der Waals surface area (Å²) in [5.74, 6) is 0.251. The third-order valence-corrected chi connectivity index (χ3v) is 3.52. The summed E-state index contributed by atoms with van der Waals surface area (Å²) in [7, 11) is 4.06. The first kappa shape index (κ1) is 13.6. The number of nitrogens with zero attached hydrogens (tertiary/aromatic N) is 3. The minimum atomic E-state index is -1.01. The van der Waals surface area contributed by atoms with E-state index in [1.54, 1.807) is 0 Å². The van der Waals surface area contributed by atoms with Crippen LogP contribution in [0.25, 0.3) is 0 Å². The third-order valence-electron chi connectivity index (χ3n) is 3.52. The zero-order valence-corrected chi connectivity index (χ0v) is 11.3. The van der Waals surface area contributed by atoms with Crippen molar-refractivity contribution in [1.29, 1.82) is 0 Å². The number of aromatic carboxylic acids is 1. The van der Waals surface area contributed by atoms with Gasteiger partial charge in [-0.15, -0.1) is 0 Å². The molecule has 0 aromatic carbocycles. The zero-order chi connectivity index (χ0) is 14.0. The molecule has 104 valence electrons. The number of anilines is 2. The molecule has 0 bridgehead atoms. The molecule has 1 atom stereocenters. The Morgan fingerprint density at radius 3 is 2.95 bits per heavy atom. The smallest absolute Gasteiger partial charge is 0.337 e. The molecule has 0 radical (unpaired) electrons. The van der Waals surface area contributed by atoms with Gasteiger partial charge in [0.2, 0.25) is 0 Å². The van der Waals surface area contributed by atoms with Crippen molar-refractivity contribution in [1.82, 2.24) is 9.88 Å². The normalized spacial score (nSPS) is 19.6. The maximum absolute atomic E-state index is 10.8. The second kappa shape index (κ2) is 5.44. The van der Waals surface area contributed by atoms with E-state index in [1.807, 2.05) is 11.9 Å². The van der Waals surface area contributed by atoms with Crippen molar-refractivity contribution in [2.45, 2.75) is 6.42 Å². The Kier molecular flexibility index (Phi) is 3.90. The Morgan fingerprint density at radius 2 is 2.42 bits per heavy atom. The molecule has 6 nitrogen and oxygen atoms in total. The third kappa shape index (κ3) is 3.14. The van der Waals surface area contributed by atoms with Gasteiger partial charge in [-0.05, 0) is 32.0 Å². The van der Waals surface area contributed by atoms with Gasteiger partial charge in [0.15, 0.2) is 5.82 Å². The van der Waals surface area contributed by atoms with Crippen molar-refractivity contribution in [3.8, 4) is 0 Å². The lowest BCUT2D eigenvalue weighted by Crippen LogP contribution is -2.28. The van der Waals surface area contributed by atoms with Crippen molar-refractivity contribution in [2.24, 2.45) is 5.92 Å². The van der Waals surface area contributed by atoms with Crippen molar-refractivity contribution in [3.63, 3.8) is 0 Å². The molecule has 2 rings (SSSR count). The highest BCUT2D eigenvalue weighted by Gasteiger charge is 2.22. The first-order valence-electron chi connectivity index (χ1n) is 6.36. The van der Waals surface area contributed by atoms with Crippen LogP contribution in [0.2, 0.25) is 0 Å². The van der Waals surface area contributed by atoms with E-state index in [2.05, 4.69) is 16.9 Å². The number of carboxylic acid groups (broad SMARTS) is 1. The Bertz CT molecular complexity index is 478. The standard InChI is InChI=1S/C13H20N4O2/c1-16-4-3-9(7-16)8-17(2)12-11(14)5-10(6-15-12)13(18)19/h5-6,9H,3-4,7-8,14H2,1-2H3,(H,18,19). The van der Waals surface area contributed by atoms with Crippen LogP contribution in [-0.4, -0.2) is 54.7 Å². The number of carboxylic acids is 1. The molecule has 1 fully saturated rings. The predicted molar refractivity (Wildman–Crippen MR) is 74.5 cm³/mol. The number of rotatable bonds is 4. The molecule has 2 heterocycles. The molecule has 19 heavy (non-hydrogen) atoms. The SMILES string of the molecule is CN1CCC(CN(C)c2ncc(C(=O)O)cc2N)C1. The van der Waals surface area contributed by atoms with Crippen LogP contribution in [0.5, 0.6) is 0 Å². The first-order chi connectivity index (χ1) is 8.97. The zero-order valence-electron chi connectivity index (χ0n) is 11.3. The lowest BCUT2D eigenvalue weighted by atomic mass is 10.1. The fourth-order valence-electron chi connectivity index (χ4n) is 2.56. The molecule has 0 amide bonds. The van der Waals surface area contributed by atoms with Gasteiger partial charge in [-0.1, -0.05) is 0 Å². The fourth-order valence-corrected chi connectivity index (χ4v) is 2.56. The van der Waals surface area contributed by atoms with Crippen LogP contribution in [0.15, 0.2) is 12.3 Å². The van der Waals surface area contributed by atoms with E-state index in [9.17, 15) is 4.79 Å². The quantitative estimate of drug-likeness (QED) is 0.835. The van der Waals surface area contributed by atoms with Gasteiger partial charge in [0.25, 0.3) is 0 Å². The summed E-state index contributed by atoms with van der Waals surface area (Å²) in [5, 5.41) is 8.88. The predicted octanol–water partition coefficient (Wildman–Crippen LogP) is 0.750.